The van der Waals surface area contributed by atoms with Gasteiger partial charge < -0.3 is 14.7 Å². The zero-order chi connectivity index (χ0) is 18.0. The van der Waals surface area contributed by atoms with Gasteiger partial charge in [-0.2, -0.15) is 4.37 Å². The van der Waals surface area contributed by atoms with Crippen molar-refractivity contribution < 1.29 is 4.79 Å². The summed E-state index contributed by atoms with van der Waals surface area (Å²) in [5.41, 5.74) is 1.14. The highest BCUT2D eigenvalue weighted by atomic mass is 35.5. The quantitative estimate of drug-likeness (QED) is 0.822. The zero-order valence-corrected chi connectivity index (χ0v) is 16.2. The van der Waals surface area contributed by atoms with Crippen LogP contribution in [0, 0.1) is 0 Å². The lowest BCUT2D eigenvalue weighted by Gasteiger charge is -2.40. The summed E-state index contributed by atoms with van der Waals surface area (Å²) >= 11 is 7.34. The summed E-state index contributed by atoms with van der Waals surface area (Å²) in [6, 6.07) is 7.97. The van der Waals surface area contributed by atoms with Crippen LogP contribution in [0.4, 0.5) is 9.93 Å². The number of hydrogen-bond acceptors (Lipinski definition) is 5. The van der Waals surface area contributed by atoms with Crippen LogP contribution in [0.2, 0.25) is 5.02 Å². The molecule has 0 N–H and O–H groups in total. The minimum Gasteiger partial charge on any atom is -0.343 e. The van der Waals surface area contributed by atoms with Gasteiger partial charge in [0.05, 0.1) is 0 Å². The fourth-order valence-electron chi connectivity index (χ4n) is 2.90. The number of nitrogens with zero attached hydrogens (tertiary/aromatic N) is 5. The molecule has 2 amide bonds. The van der Waals surface area contributed by atoms with Crippen LogP contribution in [0.5, 0.6) is 0 Å². The molecule has 25 heavy (non-hydrogen) atoms. The maximum Gasteiger partial charge on any atom is 0.319 e. The molecule has 2 heterocycles. The average molecular weight is 380 g/mol. The number of halogens is 1. The first kappa shape index (κ1) is 17.9. The van der Waals surface area contributed by atoms with Crippen LogP contribution in [0.3, 0.4) is 0 Å². The second kappa shape index (κ2) is 7.58. The highest BCUT2D eigenvalue weighted by Gasteiger charge is 2.29. The molecular weight excluding hydrogens is 358 g/mol. The molecule has 1 unspecified atom stereocenters. The Morgan fingerprint density at radius 3 is 2.68 bits per heavy atom. The Labute approximate surface area is 157 Å². The molecule has 1 aliphatic heterocycles. The van der Waals surface area contributed by atoms with Gasteiger partial charge in [-0.05, 0) is 24.6 Å². The van der Waals surface area contributed by atoms with E-state index in [1.807, 2.05) is 29.2 Å². The van der Waals surface area contributed by atoms with Crippen LogP contribution in [0.1, 0.15) is 18.3 Å². The van der Waals surface area contributed by atoms with E-state index in [0.29, 0.717) is 13.0 Å². The van der Waals surface area contributed by atoms with Gasteiger partial charge in [-0.3, -0.25) is 0 Å². The van der Waals surface area contributed by atoms with Crippen molar-refractivity contribution >= 4 is 34.3 Å². The Bertz CT molecular complexity index is 733. The molecule has 3 rings (SSSR count). The molecule has 1 aromatic carbocycles. The Morgan fingerprint density at radius 1 is 1.32 bits per heavy atom. The van der Waals surface area contributed by atoms with Gasteiger partial charge in [0.25, 0.3) is 0 Å². The van der Waals surface area contributed by atoms with Crippen LogP contribution >= 0.6 is 23.1 Å². The lowest BCUT2D eigenvalue weighted by molar-refractivity contribution is 0.147. The van der Waals surface area contributed by atoms with Crippen LogP contribution in [-0.2, 0) is 6.42 Å². The maximum absolute atomic E-state index is 12.2. The second-order valence-electron chi connectivity index (χ2n) is 6.46. The number of rotatable bonds is 3. The van der Waals surface area contributed by atoms with Crippen LogP contribution in [-0.4, -0.2) is 65.0 Å². The first-order valence-corrected chi connectivity index (χ1v) is 9.39. The molecule has 0 bridgehead atoms. The lowest BCUT2D eigenvalue weighted by atomic mass is 10.1. The SMILES string of the molecule is CC1CN(c2nc(Cc3ccc(Cl)cc3)ns2)CCN1C(=O)N(C)C. The van der Waals surface area contributed by atoms with Gasteiger partial charge in [0.15, 0.2) is 0 Å². The summed E-state index contributed by atoms with van der Waals surface area (Å²) in [6.07, 6.45) is 0.697. The predicted octanol–water partition coefficient (Wildman–Crippen LogP) is 2.97. The first-order chi connectivity index (χ1) is 11.9. The molecule has 1 fully saturated rings. The van der Waals surface area contributed by atoms with Gasteiger partial charge in [-0.25, -0.2) is 9.78 Å². The third kappa shape index (κ3) is 4.22. The van der Waals surface area contributed by atoms with E-state index in [0.717, 1.165) is 34.6 Å². The fourth-order valence-corrected chi connectivity index (χ4v) is 3.75. The molecule has 134 valence electrons. The van der Waals surface area contributed by atoms with E-state index >= 15 is 0 Å². The predicted molar refractivity (Wildman–Crippen MR) is 102 cm³/mol. The van der Waals surface area contributed by atoms with Gasteiger partial charge in [-0.1, -0.05) is 23.7 Å². The molecule has 0 spiro atoms. The third-order valence-corrected chi connectivity index (χ3v) is 5.33. The molecule has 1 saturated heterocycles. The largest absolute Gasteiger partial charge is 0.343 e. The average Bonchev–Trinajstić information content (AvgIpc) is 3.04. The summed E-state index contributed by atoms with van der Waals surface area (Å²) < 4.78 is 4.48. The van der Waals surface area contributed by atoms with Crippen molar-refractivity contribution in [2.24, 2.45) is 0 Å². The minimum atomic E-state index is 0.0628. The number of amides is 2. The standard InChI is InChI=1S/C17H22ClN5OS/c1-12-11-22(8-9-23(12)17(24)21(2)3)16-19-15(20-25-16)10-13-4-6-14(18)7-5-13/h4-7,12H,8-11H2,1-3H3. The van der Waals surface area contributed by atoms with Crippen LogP contribution < -0.4 is 4.90 Å². The van der Waals surface area contributed by atoms with Crippen molar-refractivity contribution in [2.75, 3.05) is 38.6 Å². The topological polar surface area (TPSA) is 52.6 Å². The highest BCUT2D eigenvalue weighted by molar-refractivity contribution is 7.09. The van der Waals surface area contributed by atoms with E-state index in [9.17, 15) is 4.79 Å². The minimum absolute atomic E-state index is 0.0628. The molecule has 1 aliphatic rings. The van der Waals surface area contributed by atoms with Crippen molar-refractivity contribution in [2.45, 2.75) is 19.4 Å². The number of benzene rings is 1. The summed E-state index contributed by atoms with van der Waals surface area (Å²) in [7, 11) is 3.57. The molecule has 1 atom stereocenters. The number of aromatic nitrogens is 2. The van der Waals surface area contributed by atoms with Crippen molar-refractivity contribution in [1.29, 1.82) is 0 Å². The Balaban J connectivity index is 1.63. The Morgan fingerprint density at radius 2 is 2.04 bits per heavy atom. The molecule has 0 radical (unpaired) electrons. The fraction of sp³-hybridized carbons (Fsp3) is 0.471. The second-order valence-corrected chi connectivity index (χ2v) is 7.63. The maximum atomic E-state index is 12.2. The van der Waals surface area contributed by atoms with Crippen LogP contribution in [0.15, 0.2) is 24.3 Å². The smallest absolute Gasteiger partial charge is 0.319 e. The summed E-state index contributed by atoms with van der Waals surface area (Å²) in [5.74, 6) is 0.821. The van der Waals surface area contributed by atoms with E-state index in [-0.39, 0.29) is 12.1 Å². The number of anilines is 1. The Hall–Kier alpha value is -1.86. The number of carbonyl (C=O) groups excluding carboxylic acids is 1. The normalized spacial score (nSPS) is 17.7. The van der Waals surface area contributed by atoms with Gasteiger partial charge in [0.1, 0.15) is 5.82 Å². The van der Waals surface area contributed by atoms with E-state index in [2.05, 4.69) is 21.2 Å². The molecule has 0 aliphatic carbocycles. The number of hydrogen-bond donors (Lipinski definition) is 0. The summed E-state index contributed by atoms with van der Waals surface area (Å²) in [6.45, 7) is 4.32. The Kier molecular flexibility index (Phi) is 5.44. The van der Waals surface area contributed by atoms with Crippen LogP contribution in [0.25, 0.3) is 0 Å². The molecule has 1 aromatic heterocycles. The van der Waals surface area contributed by atoms with Gasteiger partial charge in [0.2, 0.25) is 5.13 Å². The number of carbonyl (C=O) groups is 1. The molecule has 8 heteroatoms. The number of urea groups is 1. The van der Waals surface area contributed by atoms with Gasteiger partial charge in [-0.15, -0.1) is 0 Å². The first-order valence-electron chi connectivity index (χ1n) is 8.24. The number of piperazine rings is 1. The van der Waals surface area contributed by atoms with Crippen molar-refractivity contribution in [3.63, 3.8) is 0 Å². The van der Waals surface area contributed by atoms with E-state index in [1.165, 1.54) is 11.5 Å². The highest BCUT2D eigenvalue weighted by Crippen LogP contribution is 2.23. The van der Waals surface area contributed by atoms with Crippen molar-refractivity contribution in [1.82, 2.24) is 19.2 Å². The van der Waals surface area contributed by atoms with E-state index in [1.54, 1.807) is 19.0 Å². The van der Waals surface area contributed by atoms with Crippen molar-refractivity contribution in [3.8, 4) is 0 Å². The summed E-state index contributed by atoms with van der Waals surface area (Å²) in [4.78, 5) is 22.6. The summed E-state index contributed by atoms with van der Waals surface area (Å²) in [5, 5.41) is 1.66. The third-order valence-electron chi connectivity index (χ3n) is 4.26. The molecule has 2 aromatic rings. The molecular formula is C17H22ClN5OS. The van der Waals surface area contributed by atoms with E-state index < -0.39 is 0 Å². The monoisotopic (exact) mass is 379 g/mol. The molecule has 6 nitrogen and oxygen atoms in total. The van der Waals surface area contributed by atoms with Gasteiger partial charge in [0, 0.05) is 62.7 Å². The lowest BCUT2D eigenvalue weighted by Crippen LogP contribution is -2.56. The van der Waals surface area contributed by atoms with Gasteiger partial charge >= 0.3 is 6.03 Å². The van der Waals surface area contributed by atoms with E-state index in [4.69, 9.17) is 11.6 Å². The zero-order valence-electron chi connectivity index (χ0n) is 14.6. The van der Waals surface area contributed by atoms with Crippen molar-refractivity contribution in [3.05, 3.63) is 40.7 Å². The molecule has 0 saturated carbocycles.